The second-order valence-corrected chi connectivity index (χ2v) is 7.43. The highest BCUT2D eigenvalue weighted by Gasteiger charge is 2.21. The van der Waals surface area contributed by atoms with E-state index < -0.39 is 10.8 Å². The average molecular weight is 278 g/mol. The summed E-state index contributed by atoms with van der Waals surface area (Å²) >= 11 is 7.74. The molecule has 2 atom stereocenters. The maximum Gasteiger partial charge on any atom is 0.0934 e. The molecule has 90 valence electrons. The SMILES string of the molecule is CS(=O)CCNC1CCCc2sc(Cl)cc21. The van der Waals surface area contributed by atoms with Crippen LogP contribution in [-0.4, -0.2) is 22.8 Å². The van der Waals surface area contributed by atoms with E-state index >= 15 is 0 Å². The Morgan fingerprint density at radius 1 is 1.69 bits per heavy atom. The lowest BCUT2D eigenvalue weighted by Gasteiger charge is -2.23. The molecule has 0 amide bonds. The van der Waals surface area contributed by atoms with E-state index in [1.165, 1.54) is 16.9 Å². The van der Waals surface area contributed by atoms with E-state index in [1.807, 2.05) is 0 Å². The molecule has 0 fully saturated rings. The molecule has 1 aliphatic carbocycles. The summed E-state index contributed by atoms with van der Waals surface area (Å²) in [5.41, 5.74) is 1.36. The fraction of sp³-hybridized carbons (Fsp3) is 0.636. The molecular formula is C11H16ClNOS2. The van der Waals surface area contributed by atoms with Gasteiger partial charge in [0.05, 0.1) is 4.34 Å². The van der Waals surface area contributed by atoms with Gasteiger partial charge in [-0.25, -0.2) is 0 Å². The molecule has 5 heteroatoms. The van der Waals surface area contributed by atoms with Gasteiger partial charge in [-0.1, -0.05) is 11.6 Å². The number of aryl methyl sites for hydroxylation is 1. The van der Waals surface area contributed by atoms with Gasteiger partial charge in [0.15, 0.2) is 0 Å². The van der Waals surface area contributed by atoms with Crippen molar-refractivity contribution in [2.45, 2.75) is 25.3 Å². The summed E-state index contributed by atoms with van der Waals surface area (Å²) in [5.74, 6) is 0.726. The highest BCUT2D eigenvalue weighted by atomic mass is 35.5. The second kappa shape index (κ2) is 5.63. The van der Waals surface area contributed by atoms with Crippen molar-refractivity contribution in [2.75, 3.05) is 18.6 Å². The lowest BCUT2D eigenvalue weighted by atomic mass is 9.94. The smallest absolute Gasteiger partial charge is 0.0934 e. The minimum Gasteiger partial charge on any atom is -0.309 e. The molecule has 0 saturated carbocycles. The predicted octanol–water partition coefficient (Wildman–Crippen LogP) is 2.75. The molecule has 0 spiro atoms. The first-order valence-corrected chi connectivity index (χ1v) is 8.40. The van der Waals surface area contributed by atoms with Crippen molar-refractivity contribution in [2.24, 2.45) is 0 Å². The Hall–Kier alpha value is 0.1000. The monoisotopic (exact) mass is 277 g/mol. The number of fused-ring (bicyclic) bond motifs is 1. The Balaban J connectivity index is 1.98. The molecule has 2 unspecified atom stereocenters. The summed E-state index contributed by atoms with van der Waals surface area (Å²) in [5, 5.41) is 3.48. The molecule has 0 aliphatic heterocycles. The van der Waals surface area contributed by atoms with Gasteiger partial charge < -0.3 is 5.32 Å². The van der Waals surface area contributed by atoms with Crippen molar-refractivity contribution in [1.29, 1.82) is 0 Å². The Morgan fingerprint density at radius 3 is 3.25 bits per heavy atom. The van der Waals surface area contributed by atoms with Crippen LogP contribution in [-0.2, 0) is 17.2 Å². The summed E-state index contributed by atoms with van der Waals surface area (Å²) in [7, 11) is -0.708. The molecule has 16 heavy (non-hydrogen) atoms. The van der Waals surface area contributed by atoms with Crippen molar-refractivity contribution >= 4 is 33.7 Å². The zero-order valence-corrected chi connectivity index (χ0v) is 11.7. The quantitative estimate of drug-likeness (QED) is 0.917. The van der Waals surface area contributed by atoms with E-state index in [9.17, 15) is 4.21 Å². The van der Waals surface area contributed by atoms with Crippen LogP contribution >= 0.6 is 22.9 Å². The first-order chi connectivity index (χ1) is 7.66. The molecule has 0 bridgehead atoms. The highest BCUT2D eigenvalue weighted by molar-refractivity contribution is 7.84. The van der Waals surface area contributed by atoms with Crippen molar-refractivity contribution in [3.63, 3.8) is 0 Å². The van der Waals surface area contributed by atoms with Crippen LogP contribution in [0, 0.1) is 0 Å². The minimum absolute atomic E-state index is 0.413. The molecule has 1 heterocycles. The minimum atomic E-state index is -0.708. The summed E-state index contributed by atoms with van der Waals surface area (Å²) in [4.78, 5) is 1.42. The van der Waals surface area contributed by atoms with Crippen LogP contribution in [0.3, 0.4) is 0 Å². The van der Waals surface area contributed by atoms with Gasteiger partial charge in [-0.15, -0.1) is 11.3 Å². The molecule has 2 nitrogen and oxygen atoms in total. The summed E-state index contributed by atoms with van der Waals surface area (Å²) in [6.07, 6.45) is 5.28. The van der Waals surface area contributed by atoms with Crippen molar-refractivity contribution < 1.29 is 4.21 Å². The molecule has 1 aromatic rings. The Kier molecular flexibility index (Phi) is 4.41. The van der Waals surface area contributed by atoms with E-state index in [0.29, 0.717) is 6.04 Å². The summed E-state index contributed by atoms with van der Waals surface area (Å²) < 4.78 is 11.9. The van der Waals surface area contributed by atoms with Gasteiger partial charge in [0.25, 0.3) is 0 Å². The molecule has 0 aromatic carbocycles. The third-order valence-corrected chi connectivity index (χ3v) is 4.98. The normalized spacial score (nSPS) is 21.8. The van der Waals surface area contributed by atoms with E-state index in [2.05, 4.69) is 11.4 Å². The van der Waals surface area contributed by atoms with Gasteiger partial charge in [0.2, 0.25) is 0 Å². The highest BCUT2D eigenvalue weighted by Crippen LogP contribution is 2.37. The van der Waals surface area contributed by atoms with Crippen LogP contribution in [0.2, 0.25) is 4.34 Å². The van der Waals surface area contributed by atoms with Crippen LogP contribution in [0.4, 0.5) is 0 Å². The maximum absolute atomic E-state index is 11.0. The van der Waals surface area contributed by atoms with Crippen molar-refractivity contribution in [1.82, 2.24) is 5.32 Å². The van der Waals surface area contributed by atoms with Gasteiger partial charge in [-0.3, -0.25) is 4.21 Å². The topological polar surface area (TPSA) is 29.1 Å². The third-order valence-electron chi connectivity index (χ3n) is 2.86. The van der Waals surface area contributed by atoms with Gasteiger partial charge in [0, 0.05) is 40.3 Å². The summed E-state index contributed by atoms with van der Waals surface area (Å²) in [6, 6.07) is 2.50. The lowest BCUT2D eigenvalue weighted by Crippen LogP contribution is -2.27. The van der Waals surface area contributed by atoms with Gasteiger partial charge in [0.1, 0.15) is 0 Å². The molecule has 1 aliphatic rings. The standard InChI is InChI=1S/C11H16ClNOS2/c1-16(14)6-5-13-9-3-2-4-10-8(9)7-11(12)15-10/h7,9,13H,2-6H2,1H3. The largest absolute Gasteiger partial charge is 0.309 e. The number of rotatable bonds is 4. The summed E-state index contributed by atoms with van der Waals surface area (Å²) in [6.45, 7) is 0.820. The average Bonchev–Trinajstić information content (AvgIpc) is 2.58. The van der Waals surface area contributed by atoms with E-state index in [0.717, 1.165) is 29.5 Å². The molecule has 0 saturated heterocycles. The van der Waals surface area contributed by atoms with Gasteiger partial charge in [-0.05, 0) is 30.9 Å². The molecule has 1 aromatic heterocycles. The molecular weight excluding hydrogens is 262 g/mol. The Bertz CT molecular complexity index is 391. The van der Waals surface area contributed by atoms with Crippen LogP contribution in [0.15, 0.2) is 6.07 Å². The van der Waals surface area contributed by atoms with Crippen LogP contribution in [0.5, 0.6) is 0 Å². The zero-order chi connectivity index (χ0) is 11.5. The molecule has 2 rings (SSSR count). The van der Waals surface area contributed by atoms with E-state index in [-0.39, 0.29) is 0 Å². The Labute approximate surface area is 108 Å². The van der Waals surface area contributed by atoms with Crippen LogP contribution < -0.4 is 5.32 Å². The number of nitrogens with one attached hydrogen (secondary N) is 1. The fourth-order valence-electron chi connectivity index (χ4n) is 2.11. The molecule has 1 N–H and O–H groups in total. The van der Waals surface area contributed by atoms with Crippen LogP contribution in [0.1, 0.15) is 29.3 Å². The number of hydrogen-bond donors (Lipinski definition) is 1. The van der Waals surface area contributed by atoms with Crippen LogP contribution in [0.25, 0.3) is 0 Å². The van der Waals surface area contributed by atoms with E-state index in [1.54, 1.807) is 17.6 Å². The van der Waals surface area contributed by atoms with Gasteiger partial charge >= 0.3 is 0 Å². The first-order valence-electron chi connectivity index (χ1n) is 5.48. The number of halogens is 1. The molecule has 0 radical (unpaired) electrons. The van der Waals surface area contributed by atoms with Crippen molar-refractivity contribution in [3.05, 3.63) is 20.8 Å². The lowest BCUT2D eigenvalue weighted by molar-refractivity contribution is 0.477. The number of thiophene rings is 1. The third kappa shape index (κ3) is 3.06. The van der Waals surface area contributed by atoms with Gasteiger partial charge in [-0.2, -0.15) is 0 Å². The number of hydrogen-bond acceptors (Lipinski definition) is 3. The maximum atomic E-state index is 11.0. The van der Waals surface area contributed by atoms with E-state index in [4.69, 9.17) is 11.6 Å². The Morgan fingerprint density at radius 2 is 2.50 bits per heavy atom. The first kappa shape index (κ1) is 12.6. The second-order valence-electron chi connectivity index (χ2n) is 4.11. The zero-order valence-electron chi connectivity index (χ0n) is 9.29. The fourth-order valence-corrected chi connectivity index (χ4v) is 3.90. The van der Waals surface area contributed by atoms with Crippen molar-refractivity contribution in [3.8, 4) is 0 Å². The predicted molar refractivity (Wildman–Crippen MR) is 71.9 cm³/mol.